The number of morpholine rings is 1. The molecule has 0 aliphatic carbocycles. The molecule has 0 N–H and O–H groups in total. The summed E-state index contributed by atoms with van der Waals surface area (Å²) >= 11 is 5.98. The van der Waals surface area contributed by atoms with Crippen LogP contribution in [0.25, 0.3) is 6.08 Å². The van der Waals surface area contributed by atoms with E-state index in [1.807, 2.05) is 36.4 Å². The number of ketones is 1. The predicted molar refractivity (Wildman–Crippen MR) is 104 cm³/mol. The van der Waals surface area contributed by atoms with Crippen LogP contribution in [0.4, 0.5) is 0 Å². The number of ether oxygens (including phenoxy) is 2. The molecule has 0 saturated carbocycles. The van der Waals surface area contributed by atoms with Gasteiger partial charge in [0, 0.05) is 35.8 Å². The first-order chi connectivity index (χ1) is 12.7. The Morgan fingerprint density at radius 3 is 2.77 bits per heavy atom. The molecule has 0 aromatic heterocycles. The van der Waals surface area contributed by atoms with Crippen LogP contribution in [-0.4, -0.2) is 44.1 Å². The van der Waals surface area contributed by atoms with Gasteiger partial charge in [0.15, 0.2) is 5.78 Å². The summed E-state index contributed by atoms with van der Waals surface area (Å²) < 4.78 is 10.9. The van der Waals surface area contributed by atoms with Crippen molar-refractivity contribution in [3.63, 3.8) is 0 Å². The van der Waals surface area contributed by atoms with E-state index in [2.05, 4.69) is 4.90 Å². The van der Waals surface area contributed by atoms with Crippen LogP contribution in [0.5, 0.6) is 5.75 Å². The van der Waals surface area contributed by atoms with Crippen molar-refractivity contribution in [2.45, 2.75) is 6.54 Å². The van der Waals surface area contributed by atoms with Crippen LogP contribution < -0.4 is 4.74 Å². The minimum Gasteiger partial charge on any atom is -0.496 e. The van der Waals surface area contributed by atoms with Gasteiger partial charge in [0.05, 0.1) is 20.3 Å². The Balaban J connectivity index is 1.76. The lowest BCUT2D eigenvalue weighted by molar-refractivity contribution is 0.0338. The zero-order chi connectivity index (χ0) is 18.4. The van der Waals surface area contributed by atoms with Crippen LogP contribution in [0, 0.1) is 0 Å². The molecule has 3 rings (SSSR count). The van der Waals surface area contributed by atoms with Crippen LogP contribution in [-0.2, 0) is 11.3 Å². The van der Waals surface area contributed by atoms with Gasteiger partial charge in [0.2, 0.25) is 0 Å². The van der Waals surface area contributed by atoms with Gasteiger partial charge in [-0.1, -0.05) is 29.8 Å². The van der Waals surface area contributed by atoms with Gasteiger partial charge in [-0.05, 0) is 42.0 Å². The molecule has 136 valence electrons. The third kappa shape index (κ3) is 4.94. The topological polar surface area (TPSA) is 38.8 Å². The van der Waals surface area contributed by atoms with Crippen LogP contribution >= 0.6 is 11.6 Å². The molecule has 0 unspecified atom stereocenters. The van der Waals surface area contributed by atoms with Gasteiger partial charge in [-0.3, -0.25) is 9.69 Å². The molecular weight excluding hydrogens is 350 g/mol. The molecule has 2 aromatic carbocycles. The maximum atomic E-state index is 12.6. The number of carbonyl (C=O) groups is 1. The highest BCUT2D eigenvalue weighted by Gasteiger charge is 2.15. The van der Waals surface area contributed by atoms with Crippen molar-refractivity contribution in [1.82, 2.24) is 4.90 Å². The van der Waals surface area contributed by atoms with Gasteiger partial charge in [-0.25, -0.2) is 0 Å². The fraction of sp³-hybridized carbons (Fsp3) is 0.286. The normalized spacial score (nSPS) is 15.3. The number of rotatable bonds is 6. The van der Waals surface area contributed by atoms with Crippen molar-refractivity contribution in [2.24, 2.45) is 0 Å². The van der Waals surface area contributed by atoms with E-state index >= 15 is 0 Å². The highest BCUT2D eigenvalue weighted by atomic mass is 35.5. The molecule has 2 aromatic rings. The molecule has 1 aliphatic rings. The van der Waals surface area contributed by atoms with E-state index in [-0.39, 0.29) is 5.78 Å². The minimum absolute atomic E-state index is 0.0455. The summed E-state index contributed by atoms with van der Waals surface area (Å²) in [5.74, 6) is 0.753. The molecule has 1 fully saturated rings. The molecule has 1 heterocycles. The molecule has 0 amide bonds. The van der Waals surface area contributed by atoms with Crippen LogP contribution in [0.15, 0.2) is 48.5 Å². The van der Waals surface area contributed by atoms with Gasteiger partial charge >= 0.3 is 0 Å². The number of benzene rings is 2. The van der Waals surface area contributed by atoms with E-state index < -0.39 is 0 Å². The van der Waals surface area contributed by atoms with Crippen LogP contribution in [0.1, 0.15) is 21.5 Å². The summed E-state index contributed by atoms with van der Waals surface area (Å²) in [6.45, 7) is 3.99. The third-order valence-electron chi connectivity index (χ3n) is 4.34. The number of hydrogen-bond acceptors (Lipinski definition) is 4. The summed E-state index contributed by atoms with van der Waals surface area (Å²) in [6.07, 6.45) is 3.35. The monoisotopic (exact) mass is 371 g/mol. The summed E-state index contributed by atoms with van der Waals surface area (Å²) in [5, 5.41) is 0.650. The maximum absolute atomic E-state index is 12.6. The lowest BCUT2D eigenvalue weighted by Crippen LogP contribution is -2.35. The summed E-state index contributed by atoms with van der Waals surface area (Å²) in [6, 6.07) is 13.0. The second kappa shape index (κ2) is 8.99. The second-order valence-electron chi connectivity index (χ2n) is 6.17. The lowest BCUT2D eigenvalue weighted by atomic mass is 10.0. The summed E-state index contributed by atoms with van der Waals surface area (Å²) in [5.41, 5.74) is 2.55. The third-order valence-corrected chi connectivity index (χ3v) is 4.57. The zero-order valence-corrected chi connectivity index (χ0v) is 15.5. The standard InChI is InChI=1S/C21H22ClNO3/c1-25-21-8-6-17(14-18(21)15-23-9-11-26-12-10-23)20(24)7-5-16-3-2-4-19(22)13-16/h2-8,13-14H,9-12,15H2,1H3/b7-5+. The molecular formula is C21H22ClNO3. The first-order valence-corrected chi connectivity index (χ1v) is 8.98. The minimum atomic E-state index is -0.0455. The smallest absolute Gasteiger partial charge is 0.185 e. The van der Waals surface area contributed by atoms with Gasteiger partial charge < -0.3 is 9.47 Å². The lowest BCUT2D eigenvalue weighted by Gasteiger charge is -2.27. The van der Waals surface area contributed by atoms with Gasteiger partial charge in [-0.2, -0.15) is 0 Å². The molecule has 4 nitrogen and oxygen atoms in total. The van der Waals surface area contributed by atoms with Crippen molar-refractivity contribution in [3.05, 3.63) is 70.3 Å². The van der Waals surface area contributed by atoms with Gasteiger partial charge in [-0.15, -0.1) is 0 Å². The van der Waals surface area contributed by atoms with E-state index in [0.717, 1.165) is 49.7 Å². The van der Waals surface area contributed by atoms with E-state index in [4.69, 9.17) is 21.1 Å². The van der Waals surface area contributed by atoms with Crippen molar-refractivity contribution in [2.75, 3.05) is 33.4 Å². The van der Waals surface area contributed by atoms with Crippen molar-refractivity contribution in [1.29, 1.82) is 0 Å². The Kier molecular flexibility index (Phi) is 6.45. The van der Waals surface area contributed by atoms with E-state index in [9.17, 15) is 4.79 Å². The Bertz CT molecular complexity index is 798. The molecule has 1 saturated heterocycles. The van der Waals surface area contributed by atoms with Gasteiger partial charge in [0.1, 0.15) is 5.75 Å². The highest BCUT2D eigenvalue weighted by Crippen LogP contribution is 2.23. The first-order valence-electron chi connectivity index (χ1n) is 8.61. The predicted octanol–water partition coefficient (Wildman–Crippen LogP) is 4.08. The van der Waals surface area contributed by atoms with Crippen molar-refractivity contribution < 1.29 is 14.3 Å². The Morgan fingerprint density at radius 1 is 1.23 bits per heavy atom. The quantitative estimate of drug-likeness (QED) is 0.566. The van der Waals surface area contributed by atoms with E-state index in [1.54, 1.807) is 25.3 Å². The Hall–Kier alpha value is -2.14. The Labute approximate surface area is 159 Å². The van der Waals surface area contributed by atoms with E-state index in [1.165, 1.54) is 0 Å². The van der Waals surface area contributed by atoms with Gasteiger partial charge in [0.25, 0.3) is 0 Å². The number of allylic oxidation sites excluding steroid dienone is 1. The highest BCUT2D eigenvalue weighted by molar-refractivity contribution is 6.30. The summed E-state index contributed by atoms with van der Waals surface area (Å²) in [4.78, 5) is 14.9. The fourth-order valence-corrected chi connectivity index (χ4v) is 3.13. The number of carbonyl (C=O) groups excluding carboxylic acids is 1. The zero-order valence-electron chi connectivity index (χ0n) is 14.8. The average molecular weight is 372 g/mol. The number of nitrogens with zero attached hydrogens (tertiary/aromatic N) is 1. The SMILES string of the molecule is COc1ccc(C(=O)/C=C/c2cccc(Cl)c2)cc1CN1CCOCC1. The van der Waals surface area contributed by atoms with Crippen molar-refractivity contribution in [3.8, 4) is 5.75 Å². The molecule has 0 spiro atoms. The molecule has 0 bridgehead atoms. The molecule has 5 heteroatoms. The second-order valence-corrected chi connectivity index (χ2v) is 6.60. The summed E-state index contributed by atoms with van der Waals surface area (Å²) in [7, 11) is 1.65. The van der Waals surface area contributed by atoms with E-state index in [0.29, 0.717) is 10.6 Å². The molecule has 1 aliphatic heterocycles. The molecule has 0 atom stereocenters. The van der Waals surface area contributed by atoms with Crippen LogP contribution in [0.3, 0.4) is 0 Å². The fourth-order valence-electron chi connectivity index (χ4n) is 2.93. The first kappa shape index (κ1) is 18.6. The van der Waals surface area contributed by atoms with Crippen LogP contribution in [0.2, 0.25) is 5.02 Å². The van der Waals surface area contributed by atoms with Crippen molar-refractivity contribution >= 4 is 23.5 Å². The Morgan fingerprint density at radius 2 is 2.04 bits per heavy atom. The number of hydrogen-bond donors (Lipinski definition) is 0. The largest absolute Gasteiger partial charge is 0.496 e. The maximum Gasteiger partial charge on any atom is 0.185 e. The molecule has 0 radical (unpaired) electrons. The number of halogens is 1. The molecule has 26 heavy (non-hydrogen) atoms. The number of methoxy groups -OCH3 is 1. The average Bonchev–Trinajstić information content (AvgIpc) is 2.67.